The molecule has 0 saturated carbocycles. The number of hydrogen-bond acceptors (Lipinski definition) is 8. The number of nitrogens with zero attached hydrogens (tertiary/aromatic N) is 2. The van der Waals surface area contributed by atoms with Crippen molar-refractivity contribution in [1.82, 2.24) is 15.3 Å². The predicted molar refractivity (Wildman–Crippen MR) is 245 cm³/mol. The molecular weight excluding hydrogens is 788 g/mol. The quantitative estimate of drug-likeness (QED) is 0.101. The zero-order chi connectivity index (χ0) is 41.0. The number of amides is 2. The van der Waals surface area contributed by atoms with Gasteiger partial charge in [0.1, 0.15) is 15.8 Å². The second-order valence-electron chi connectivity index (χ2n) is 12.8. The molecule has 2 amide bonds. The van der Waals surface area contributed by atoms with Crippen molar-refractivity contribution in [2.24, 2.45) is 0 Å². The van der Waals surface area contributed by atoms with Gasteiger partial charge in [0, 0.05) is 44.6 Å². The van der Waals surface area contributed by atoms with Crippen LogP contribution in [0.3, 0.4) is 0 Å². The summed E-state index contributed by atoms with van der Waals surface area (Å²) in [5.74, 6) is 2.25. The van der Waals surface area contributed by atoms with E-state index in [9.17, 15) is 14.0 Å². The lowest BCUT2D eigenvalue weighted by Crippen LogP contribution is -2.27. The van der Waals surface area contributed by atoms with E-state index in [2.05, 4.69) is 73.0 Å². The van der Waals surface area contributed by atoms with Crippen LogP contribution in [0.15, 0.2) is 103 Å². The van der Waals surface area contributed by atoms with Crippen LogP contribution in [-0.4, -0.2) is 39.8 Å². The Morgan fingerprint density at radius 3 is 1.56 bits per heavy atom. The second kappa shape index (κ2) is 24.5. The number of anilines is 1. The van der Waals surface area contributed by atoms with Crippen LogP contribution in [-0.2, 0) is 40.4 Å². The van der Waals surface area contributed by atoms with Gasteiger partial charge in [-0.25, -0.2) is 14.4 Å². The maximum Gasteiger partial charge on any atom is 0.234 e. The maximum absolute atomic E-state index is 12.9. The minimum Gasteiger partial charge on any atom is -0.355 e. The van der Waals surface area contributed by atoms with Crippen LogP contribution < -0.4 is 10.6 Å². The Hall–Kier alpha value is -4.29. The van der Waals surface area contributed by atoms with Gasteiger partial charge in [0.25, 0.3) is 0 Å². The molecule has 2 heterocycles. The van der Waals surface area contributed by atoms with Gasteiger partial charge in [0.05, 0.1) is 22.9 Å². The van der Waals surface area contributed by atoms with E-state index in [-0.39, 0.29) is 17.6 Å². The van der Waals surface area contributed by atoms with Crippen LogP contribution >= 0.6 is 46.2 Å². The molecule has 0 bridgehead atoms. The van der Waals surface area contributed by atoms with E-state index >= 15 is 0 Å². The predicted octanol–water partition coefficient (Wildman–Crippen LogP) is 12.0. The number of carbonyl (C=O) groups excluding carboxylic acids is 2. The summed E-state index contributed by atoms with van der Waals surface area (Å²) < 4.78 is 12.9. The molecule has 0 aliphatic carbocycles. The van der Waals surface area contributed by atoms with Gasteiger partial charge in [0.15, 0.2) is 0 Å². The van der Waals surface area contributed by atoms with Gasteiger partial charge < -0.3 is 10.6 Å². The first-order valence-corrected chi connectivity index (χ1v) is 23.3. The zero-order valence-electron chi connectivity index (χ0n) is 33.7. The van der Waals surface area contributed by atoms with E-state index in [1.807, 2.05) is 58.0 Å². The largest absolute Gasteiger partial charge is 0.355 e. The normalized spacial score (nSPS) is 10.5. The number of para-hydroxylation sites is 1. The average Bonchev–Trinajstić information content (AvgIpc) is 3.80. The minimum absolute atomic E-state index is 0.0228. The molecular formula is C46H53FN4O2S4. The molecule has 6 rings (SSSR count). The third-order valence-corrected chi connectivity index (χ3v) is 13.3. The second-order valence-corrected chi connectivity index (χ2v) is 16.9. The number of halogens is 1. The van der Waals surface area contributed by atoms with E-state index in [0.29, 0.717) is 24.5 Å². The zero-order valence-corrected chi connectivity index (χ0v) is 37.0. The first-order valence-electron chi connectivity index (χ1n) is 19.3. The van der Waals surface area contributed by atoms with Crippen LogP contribution in [0.4, 0.5) is 10.1 Å². The Balaban J connectivity index is 0.000000243. The molecule has 2 aromatic heterocycles. The van der Waals surface area contributed by atoms with Crippen LogP contribution in [0, 0.1) is 19.7 Å². The molecule has 57 heavy (non-hydrogen) atoms. The van der Waals surface area contributed by atoms with E-state index in [0.717, 1.165) is 68.1 Å². The fourth-order valence-corrected chi connectivity index (χ4v) is 9.61. The van der Waals surface area contributed by atoms with Gasteiger partial charge in [-0.15, -0.1) is 46.2 Å². The summed E-state index contributed by atoms with van der Waals surface area (Å²) in [6.45, 7) is 12.9. The lowest BCUT2D eigenvalue weighted by Gasteiger charge is -2.05. The number of aryl methyl sites for hydroxylation is 4. The van der Waals surface area contributed by atoms with Crippen LogP contribution in [0.5, 0.6) is 0 Å². The standard InChI is InChI=1S/C23H25FN2OS2.C21H22N2OS2.C2H6/c1-3-17-4-8-19(9-5-17)23-26-16(2)21(29-23)14-28-15-22(27)25-13-12-18-6-10-20(24)11-7-18;1-3-16-9-11-17(12-10-16)21-22-15(2)19(26-21)13-25-14-20(24)23-18-7-5-4-6-8-18;1-2/h4-11H,3,12-15H2,1-2H3,(H,25,27);4-12H,3,13-14H2,1-2H3,(H,23,24);1-2H3. The van der Waals surface area contributed by atoms with Gasteiger partial charge in [-0.1, -0.05) is 107 Å². The number of hydrogen-bond donors (Lipinski definition) is 2. The molecule has 6 nitrogen and oxygen atoms in total. The van der Waals surface area contributed by atoms with Crippen molar-refractivity contribution in [1.29, 1.82) is 0 Å². The van der Waals surface area contributed by atoms with Crippen molar-refractivity contribution in [3.05, 3.63) is 147 Å². The summed E-state index contributed by atoms with van der Waals surface area (Å²) in [4.78, 5) is 35.9. The van der Waals surface area contributed by atoms with Gasteiger partial charge in [-0.2, -0.15) is 0 Å². The number of carbonyl (C=O) groups is 2. The molecule has 2 N–H and O–H groups in total. The van der Waals surface area contributed by atoms with Crippen molar-refractivity contribution < 1.29 is 14.0 Å². The summed E-state index contributed by atoms with van der Waals surface area (Å²) in [5, 5.41) is 7.92. The van der Waals surface area contributed by atoms with Crippen molar-refractivity contribution in [2.75, 3.05) is 23.4 Å². The molecule has 0 aliphatic rings. The van der Waals surface area contributed by atoms with Gasteiger partial charge in [-0.05, 0) is 74.1 Å². The first-order chi connectivity index (χ1) is 27.7. The Labute approximate surface area is 354 Å². The van der Waals surface area contributed by atoms with Crippen molar-refractivity contribution in [3.63, 3.8) is 0 Å². The summed E-state index contributed by atoms with van der Waals surface area (Å²) in [5.41, 5.74) is 8.90. The van der Waals surface area contributed by atoms with Crippen LogP contribution in [0.25, 0.3) is 21.1 Å². The number of nitrogens with one attached hydrogen (secondary N) is 2. The molecule has 0 aliphatic heterocycles. The highest BCUT2D eigenvalue weighted by Crippen LogP contribution is 2.32. The van der Waals surface area contributed by atoms with Crippen LogP contribution in [0.1, 0.15) is 65.5 Å². The van der Waals surface area contributed by atoms with Crippen LogP contribution in [0.2, 0.25) is 0 Å². The fourth-order valence-electron chi connectivity index (χ4n) is 5.38. The molecule has 0 atom stereocenters. The number of thiazole rings is 2. The molecule has 6 aromatic rings. The molecule has 11 heteroatoms. The summed E-state index contributed by atoms with van der Waals surface area (Å²) >= 11 is 6.64. The molecule has 0 spiro atoms. The number of thioether (sulfide) groups is 2. The van der Waals surface area contributed by atoms with Gasteiger partial charge in [0.2, 0.25) is 11.8 Å². The molecule has 0 fully saturated rings. The van der Waals surface area contributed by atoms with Crippen molar-refractivity contribution in [3.8, 4) is 21.1 Å². The molecule has 0 radical (unpaired) electrons. The third kappa shape index (κ3) is 15.2. The topological polar surface area (TPSA) is 84.0 Å². The molecule has 0 unspecified atom stereocenters. The molecule has 0 saturated heterocycles. The molecule has 300 valence electrons. The summed E-state index contributed by atoms with van der Waals surface area (Å²) in [7, 11) is 0. The van der Waals surface area contributed by atoms with Gasteiger partial charge in [-0.3, -0.25) is 9.59 Å². The summed E-state index contributed by atoms with van der Waals surface area (Å²) in [6.07, 6.45) is 2.78. The Kier molecular flexibility index (Phi) is 19.5. The van der Waals surface area contributed by atoms with E-state index in [1.165, 1.54) is 33.0 Å². The number of benzene rings is 4. The van der Waals surface area contributed by atoms with Crippen molar-refractivity contribution in [2.45, 2.75) is 72.3 Å². The third-order valence-electron chi connectivity index (χ3n) is 8.64. The monoisotopic (exact) mass is 840 g/mol. The first kappa shape index (κ1) is 45.4. The minimum atomic E-state index is -0.242. The van der Waals surface area contributed by atoms with Crippen molar-refractivity contribution >= 4 is 63.7 Å². The Morgan fingerprint density at radius 2 is 1.09 bits per heavy atom. The maximum atomic E-state index is 12.9. The van der Waals surface area contributed by atoms with E-state index < -0.39 is 0 Å². The lowest BCUT2D eigenvalue weighted by molar-refractivity contribution is -0.118. The highest BCUT2D eigenvalue weighted by Gasteiger charge is 2.12. The average molecular weight is 841 g/mol. The summed E-state index contributed by atoms with van der Waals surface area (Å²) in [6, 6.07) is 33.1. The van der Waals surface area contributed by atoms with E-state index in [1.54, 1.807) is 58.3 Å². The number of rotatable bonds is 16. The Morgan fingerprint density at radius 1 is 0.632 bits per heavy atom. The highest BCUT2D eigenvalue weighted by atomic mass is 32.2. The fraction of sp³-hybridized carbons (Fsp3) is 0.304. The Bertz CT molecular complexity index is 2100. The smallest absolute Gasteiger partial charge is 0.234 e. The lowest BCUT2D eigenvalue weighted by atomic mass is 10.1. The SMILES string of the molecule is CC.CCc1ccc(-c2nc(C)c(CSCC(=O)NCCc3ccc(F)cc3)s2)cc1.CCc1ccc(-c2nc(C)c(CSCC(=O)Nc3ccccc3)s2)cc1. The number of aromatic nitrogens is 2. The highest BCUT2D eigenvalue weighted by molar-refractivity contribution is 7.99. The van der Waals surface area contributed by atoms with Gasteiger partial charge >= 0.3 is 0 Å². The molecule has 4 aromatic carbocycles. The van der Waals surface area contributed by atoms with E-state index in [4.69, 9.17) is 9.97 Å².